The van der Waals surface area contributed by atoms with Gasteiger partial charge in [-0.1, -0.05) is 71.9 Å². The summed E-state index contributed by atoms with van der Waals surface area (Å²) in [5, 5.41) is 0. The molecule has 0 aromatic heterocycles. The molecule has 0 N–H and O–H groups in total. The van der Waals surface area contributed by atoms with Gasteiger partial charge in [0, 0.05) is 30.2 Å². The average Bonchev–Trinajstić information content (AvgIpc) is 3.19. The lowest BCUT2D eigenvalue weighted by atomic mass is 9.88. The van der Waals surface area contributed by atoms with Gasteiger partial charge >= 0.3 is 0 Å². The molecule has 6 heteroatoms. The lowest BCUT2D eigenvalue weighted by Crippen LogP contribution is -2.47. The normalized spacial score (nSPS) is 22.3. The van der Waals surface area contributed by atoms with Crippen LogP contribution in [-0.2, 0) is 14.4 Å². The number of hydrogen-bond donors (Lipinski definition) is 0. The molecular weight excluding hydrogens is 398 g/mol. The molecule has 0 amide bonds. The zero-order valence-corrected chi connectivity index (χ0v) is 20.5. The lowest BCUT2D eigenvalue weighted by molar-refractivity contribution is 0.380. The van der Waals surface area contributed by atoms with E-state index in [2.05, 4.69) is 59.8 Å². The third-order valence-corrected chi connectivity index (χ3v) is 13.8. The number of benzene rings is 1. The summed E-state index contributed by atoms with van der Waals surface area (Å²) in [6.07, 6.45) is 5.34. The molecule has 0 bridgehead atoms. The van der Waals surface area contributed by atoms with Crippen molar-refractivity contribution in [3.05, 3.63) is 59.5 Å². The standard InChI is InChI=1S/C23H35NO3SSi/c1-16(2)29(17(3)4,18(5)6)27-23-13-20(19-11-9-8-10-12-19)21-14-24(15-22(21)23)28(7,25)26/h8-13,15-18,20-21H,14H2,1-7H3/t20-,21+/m0/s1. The van der Waals surface area contributed by atoms with Crippen LogP contribution in [0.2, 0.25) is 16.6 Å². The maximum absolute atomic E-state index is 12.3. The Balaban J connectivity index is 2.07. The van der Waals surface area contributed by atoms with E-state index < -0.39 is 18.3 Å². The van der Waals surface area contributed by atoms with Gasteiger partial charge < -0.3 is 4.43 Å². The largest absolute Gasteiger partial charge is 0.543 e. The molecule has 2 aliphatic rings. The van der Waals surface area contributed by atoms with E-state index in [9.17, 15) is 8.42 Å². The summed E-state index contributed by atoms with van der Waals surface area (Å²) in [6.45, 7) is 14.1. The minimum absolute atomic E-state index is 0.111. The van der Waals surface area contributed by atoms with Crippen LogP contribution in [0.5, 0.6) is 0 Å². The van der Waals surface area contributed by atoms with Gasteiger partial charge in [-0.15, -0.1) is 0 Å². The van der Waals surface area contributed by atoms with Crippen LogP contribution in [0.1, 0.15) is 53.0 Å². The second-order valence-corrected chi connectivity index (χ2v) is 16.7. The first-order chi connectivity index (χ1) is 13.5. The van der Waals surface area contributed by atoms with Gasteiger partial charge in [-0.25, -0.2) is 8.42 Å². The number of nitrogens with zero attached hydrogens (tertiary/aromatic N) is 1. The van der Waals surface area contributed by atoms with Crippen LogP contribution in [0, 0.1) is 5.92 Å². The molecule has 1 aliphatic carbocycles. The summed E-state index contributed by atoms with van der Waals surface area (Å²) in [6, 6.07) is 10.4. The highest BCUT2D eigenvalue weighted by atomic mass is 32.2. The van der Waals surface area contributed by atoms with Crippen molar-refractivity contribution in [1.82, 2.24) is 4.31 Å². The second kappa shape index (κ2) is 7.95. The molecule has 0 saturated heterocycles. The van der Waals surface area contributed by atoms with E-state index in [-0.39, 0.29) is 11.8 Å². The average molecular weight is 434 g/mol. The van der Waals surface area contributed by atoms with Crippen LogP contribution in [0.4, 0.5) is 0 Å². The predicted octanol–water partition coefficient (Wildman–Crippen LogP) is 5.64. The maximum atomic E-state index is 12.3. The second-order valence-electron chi connectivity index (χ2n) is 9.41. The van der Waals surface area contributed by atoms with E-state index in [1.165, 1.54) is 16.1 Å². The Bertz CT molecular complexity index is 882. The summed E-state index contributed by atoms with van der Waals surface area (Å²) in [5.74, 6) is 1.17. The fraction of sp³-hybridized carbons (Fsp3) is 0.565. The van der Waals surface area contributed by atoms with Crippen LogP contribution in [0.15, 0.2) is 53.9 Å². The minimum Gasteiger partial charge on any atom is -0.543 e. The molecule has 0 radical (unpaired) electrons. The Morgan fingerprint density at radius 1 is 1.00 bits per heavy atom. The molecule has 3 rings (SSSR count). The lowest BCUT2D eigenvalue weighted by Gasteiger charge is -2.42. The summed E-state index contributed by atoms with van der Waals surface area (Å²) >= 11 is 0. The van der Waals surface area contributed by atoms with Crippen molar-refractivity contribution in [2.45, 2.75) is 64.1 Å². The Morgan fingerprint density at radius 2 is 1.55 bits per heavy atom. The molecule has 1 aliphatic heterocycles. The number of hydrogen-bond acceptors (Lipinski definition) is 3. The molecule has 0 fully saturated rings. The quantitative estimate of drug-likeness (QED) is 0.523. The zero-order chi connectivity index (χ0) is 21.6. The van der Waals surface area contributed by atoms with E-state index in [4.69, 9.17) is 4.43 Å². The number of rotatable bonds is 7. The van der Waals surface area contributed by atoms with Gasteiger partial charge in [0.1, 0.15) is 5.76 Å². The van der Waals surface area contributed by atoms with Gasteiger partial charge in [-0.3, -0.25) is 4.31 Å². The van der Waals surface area contributed by atoms with Gasteiger partial charge in [0.2, 0.25) is 10.0 Å². The molecule has 29 heavy (non-hydrogen) atoms. The fourth-order valence-electron chi connectivity index (χ4n) is 5.40. The van der Waals surface area contributed by atoms with Gasteiger partial charge in [0.25, 0.3) is 8.32 Å². The molecule has 2 atom stereocenters. The maximum Gasteiger partial charge on any atom is 0.258 e. The molecule has 0 unspecified atom stereocenters. The number of allylic oxidation sites excluding steroid dienone is 2. The highest BCUT2D eigenvalue weighted by Crippen LogP contribution is 2.51. The first-order valence-corrected chi connectivity index (χ1v) is 14.6. The van der Waals surface area contributed by atoms with E-state index in [1.54, 1.807) is 0 Å². The predicted molar refractivity (Wildman–Crippen MR) is 123 cm³/mol. The minimum atomic E-state index is -3.28. The van der Waals surface area contributed by atoms with E-state index >= 15 is 0 Å². The van der Waals surface area contributed by atoms with Gasteiger partial charge in [-0.05, 0) is 28.3 Å². The molecule has 0 spiro atoms. The van der Waals surface area contributed by atoms with Crippen molar-refractivity contribution in [2.24, 2.45) is 5.92 Å². The van der Waals surface area contributed by atoms with Gasteiger partial charge in [0.05, 0.1) is 6.26 Å². The highest BCUT2D eigenvalue weighted by Gasteiger charge is 2.50. The zero-order valence-electron chi connectivity index (χ0n) is 18.7. The molecule has 0 saturated carbocycles. The molecule has 1 aromatic carbocycles. The van der Waals surface area contributed by atoms with Crippen molar-refractivity contribution < 1.29 is 12.8 Å². The van der Waals surface area contributed by atoms with E-state index in [0.717, 1.165) is 11.3 Å². The summed E-state index contributed by atoms with van der Waals surface area (Å²) in [7, 11) is -5.41. The van der Waals surface area contributed by atoms with Crippen molar-refractivity contribution in [2.75, 3.05) is 12.8 Å². The third-order valence-electron chi connectivity index (χ3n) is 6.71. The Labute approximate surface area is 177 Å². The highest BCUT2D eigenvalue weighted by molar-refractivity contribution is 7.88. The van der Waals surface area contributed by atoms with Crippen LogP contribution < -0.4 is 0 Å². The monoisotopic (exact) mass is 433 g/mol. The van der Waals surface area contributed by atoms with Gasteiger partial charge in [0.15, 0.2) is 0 Å². The summed E-state index contributed by atoms with van der Waals surface area (Å²) in [4.78, 5) is 0. The fourth-order valence-corrected chi connectivity index (χ4v) is 11.4. The molecule has 1 aromatic rings. The molecule has 160 valence electrons. The van der Waals surface area contributed by atoms with Crippen LogP contribution in [0.25, 0.3) is 0 Å². The smallest absolute Gasteiger partial charge is 0.258 e. The number of sulfonamides is 1. The molecule has 4 nitrogen and oxygen atoms in total. The third kappa shape index (κ3) is 3.93. The van der Waals surface area contributed by atoms with E-state index in [1.807, 2.05) is 24.4 Å². The SMILES string of the molecule is CC(C)[Si](OC1=C[C@@H](c2ccccc2)[C@H]2CN(S(C)(=O)=O)C=C12)(C(C)C)C(C)C. The van der Waals surface area contributed by atoms with Crippen molar-refractivity contribution in [1.29, 1.82) is 0 Å². The Hall–Kier alpha value is -1.53. The Kier molecular flexibility index (Phi) is 6.07. The van der Waals surface area contributed by atoms with Crippen LogP contribution >= 0.6 is 0 Å². The first-order valence-electron chi connectivity index (χ1n) is 10.6. The molecule has 1 heterocycles. The van der Waals surface area contributed by atoms with Crippen molar-refractivity contribution in [3.8, 4) is 0 Å². The topological polar surface area (TPSA) is 46.6 Å². The number of fused-ring (bicyclic) bond motifs is 1. The van der Waals surface area contributed by atoms with Crippen LogP contribution in [-0.4, -0.2) is 33.8 Å². The Morgan fingerprint density at radius 3 is 2.03 bits per heavy atom. The van der Waals surface area contributed by atoms with Crippen molar-refractivity contribution >= 4 is 18.3 Å². The van der Waals surface area contributed by atoms with E-state index in [0.29, 0.717) is 23.2 Å². The van der Waals surface area contributed by atoms with Crippen molar-refractivity contribution in [3.63, 3.8) is 0 Å². The first kappa shape index (κ1) is 22.2. The summed E-state index contributed by atoms with van der Waals surface area (Å²) in [5.41, 5.74) is 3.65. The van der Waals surface area contributed by atoms with Gasteiger partial charge in [-0.2, -0.15) is 0 Å². The molecular formula is C23H35NO3SSi. The summed E-state index contributed by atoms with van der Waals surface area (Å²) < 4.78 is 33.0. The van der Waals surface area contributed by atoms with Crippen LogP contribution in [0.3, 0.4) is 0 Å².